The van der Waals surface area contributed by atoms with Crippen LogP contribution in [0.25, 0.3) is 0 Å². The lowest BCUT2D eigenvalue weighted by Crippen LogP contribution is -2.60. The molecule has 172 valence electrons. The van der Waals surface area contributed by atoms with Crippen LogP contribution in [0.2, 0.25) is 0 Å². The Balaban J connectivity index is 1.25. The Kier molecular flexibility index (Phi) is 8.61. The number of thioether (sulfide) groups is 1. The fourth-order valence-corrected chi connectivity index (χ4v) is 6.58. The lowest BCUT2D eigenvalue weighted by atomic mass is 9.80. The molecule has 0 aromatic heterocycles. The van der Waals surface area contributed by atoms with Crippen molar-refractivity contribution in [3.8, 4) is 0 Å². The molecule has 7 heteroatoms. The monoisotopic (exact) mass is 438 g/mol. The summed E-state index contributed by atoms with van der Waals surface area (Å²) >= 11 is 2.11. The highest BCUT2D eigenvalue weighted by atomic mass is 32.2. The summed E-state index contributed by atoms with van der Waals surface area (Å²) in [5.41, 5.74) is 0.331. The predicted molar refractivity (Wildman–Crippen MR) is 126 cm³/mol. The Labute approximate surface area is 187 Å². The fraction of sp³-hybridized carbons (Fsp3) is 0.957. The van der Waals surface area contributed by atoms with Crippen LogP contribution in [0.4, 0.5) is 0 Å². The molecule has 3 saturated heterocycles. The molecule has 1 N–H and O–H groups in total. The molecule has 4 fully saturated rings. The van der Waals surface area contributed by atoms with Gasteiger partial charge in [-0.25, -0.2) is 0 Å². The van der Waals surface area contributed by atoms with Gasteiger partial charge >= 0.3 is 0 Å². The van der Waals surface area contributed by atoms with E-state index in [-0.39, 0.29) is 0 Å². The predicted octanol–water partition coefficient (Wildman–Crippen LogP) is 2.97. The van der Waals surface area contributed by atoms with Crippen LogP contribution in [0.5, 0.6) is 0 Å². The summed E-state index contributed by atoms with van der Waals surface area (Å²) in [5.74, 6) is 3.66. The molecule has 4 aliphatic rings. The largest absolute Gasteiger partial charge is 0.376 e. The molecule has 0 spiro atoms. The van der Waals surface area contributed by atoms with Crippen LogP contribution in [0.3, 0.4) is 0 Å². The minimum absolute atomic E-state index is 0.331. The average Bonchev–Trinajstić information content (AvgIpc) is 3.34. The molecule has 0 aromatic carbocycles. The van der Waals surface area contributed by atoms with Crippen LogP contribution in [0.1, 0.15) is 57.8 Å². The zero-order valence-corrected chi connectivity index (χ0v) is 19.8. The second-order valence-corrected chi connectivity index (χ2v) is 10.7. The van der Waals surface area contributed by atoms with Gasteiger partial charge in [-0.1, -0.05) is 19.3 Å². The molecule has 1 saturated carbocycles. The summed E-state index contributed by atoms with van der Waals surface area (Å²) in [5, 5.41) is 3.81. The summed E-state index contributed by atoms with van der Waals surface area (Å²) in [4.78, 5) is 9.89. The number of hydrogen-bond acceptors (Lipinski definition) is 5. The van der Waals surface area contributed by atoms with E-state index in [1.165, 1.54) is 63.1 Å². The number of rotatable bonds is 6. The first-order chi connectivity index (χ1) is 14.8. The van der Waals surface area contributed by atoms with Crippen LogP contribution >= 0.6 is 11.8 Å². The van der Waals surface area contributed by atoms with Crippen LogP contribution in [-0.4, -0.2) is 98.0 Å². The van der Waals surface area contributed by atoms with Crippen molar-refractivity contribution in [1.82, 2.24) is 15.1 Å². The maximum Gasteiger partial charge on any atom is 0.193 e. The zero-order chi connectivity index (χ0) is 20.7. The van der Waals surface area contributed by atoms with Gasteiger partial charge in [-0.15, -0.1) is 0 Å². The van der Waals surface area contributed by atoms with Gasteiger partial charge in [0.25, 0.3) is 0 Å². The van der Waals surface area contributed by atoms with Gasteiger partial charge in [0.2, 0.25) is 0 Å². The van der Waals surface area contributed by atoms with E-state index in [9.17, 15) is 0 Å². The number of piperidine rings is 1. The number of nitrogens with zero attached hydrogens (tertiary/aromatic N) is 3. The smallest absolute Gasteiger partial charge is 0.193 e. The van der Waals surface area contributed by atoms with E-state index in [1.54, 1.807) is 0 Å². The molecule has 4 rings (SSSR count). The minimum Gasteiger partial charge on any atom is -0.376 e. The van der Waals surface area contributed by atoms with Crippen molar-refractivity contribution >= 4 is 17.7 Å². The molecule has 1 aliphatic carbocycles. The van der Waals surface area contributed by atoms with E-state index in [4.69, 9.17) is 9.47 Å². The summed E-state index contributed by atoms with van der Waals surface area (Å²) in [6.45, 7) is 7.28. The number of hydrogen-bond donors (Lipinski definition) is 1. The van der Waals surface area contributed by atoms with E-state index in [0.29, 0.717) is 17.7 Å². The molecule has 3 aliphatic heterocycles. The third kappa shape index (κ3) is 5.84. The van der Waals surface area contributed by atoms with Gasteiger partial charge in [0, 0.05) is 63.4 Å². The Hall–Kier alpha value is -0.500. The first kappa shape index (κ1) is 22.7. The third-order valence-electron chi connectivity index (χ3n) is 7.54. The van der Waals surface area contributed by atoms with Crippen LogP contribution in [0, 0.1) is 0 Å². The molecule has 30 heavy (non-hydrogen) atoms. The Morgan fingerprint density at radius 3 is 2.50 bits per heavy atom. The molecule has 6 nitrogen and oxygen atoms in total. The Bertz CT molecular complexity index is 535. The van der Waals surface area contributed by atoms with E-state index in [1.807, 2.05) is 7.05 Å². The van der Waals surface area contributed by atoms with Crippen molar-refractivity contribution in [2.45, 2.75) is 75.5 Å². The van der Waals surface area contributed by atoms with Crippen molar-refractivity contribution in [1.29, 1.82) is 0 Å². The van der Waals surface area contributed by atoms with E-state index in [0.717, 1.165) is 58.1 Å². The molecule has 1 atom stereocenters. The summed E-state index contributed by atoms with van der Waals surface area (Å²) in [6, 6.07) is 0. The van der Waals surface area contributed by atoms with Crippen LogP contribution in [0.15, 0.2) is 4.99 Å². The van der Waals surface area contributed by atoms with E-state index in [2.05, 4.69) is 31.9 Å². The van der Waals surface area contributed by atoms with Crippen LogP contribution < -0.4 is 5.32 Å². The van der Waals surface area contributed by atoms with Gasteiger partial charge in [-0.05, 0) is 38.5 Å². The zero-order valence-electron chi connectivity index (χ0n) is 18.9. The molecule has 0 radical (unpaired) electrons. The topological polar surface area (TPSA) is 49.3 Å². The lowest BCUT2D eigenvalue weighted by molar-refractivity contribution is -0.0368. The highest BCUT2D eigenvalue weighted by molar-refractivity contribution is 7.99. The second-order valence-electron chi connectivity index (χ2n) is 9.44. The summed E-state index contributed by atoms with van der Waals surface area (Å²) in [6.07, 6.45) is 12.0. The van der Waals surface area contributed by atoms with Gasteiger partial charge in [0.1, 0.15) is 0 Å². The normalized spacial score (nSPS) is 29.3. The standard InChI is InChI=1S/C23H42N4O2S/c1-24-22(26-11-7-20(8-12-26)29-18-21-6-5-15-28-21)25-19-23(9-3-2-4-10-23)27-13-16-30-17-14-27/h20-21H,2-19H2,1H3,(H,24,25). The summed E-state index contributed by atoms with van der Waals surface area (Å²) < 4.78 is 11.9. The van der Waals surface area contributed by atoms with Gasteiger partial charge < -0.3 is 19.7 Å². The molecule has 1 unspecified atom stereocenters. The highest BCUT2D eigenvalue weighted by Crippen LogP contribution is 2.35. The first-order valence-electron chi connectivity index (χ1n) is 12.3. The van der Waals surface area contributed by atoms with Crippen molar-refractivity contribution in [3.63, 3.8) is 0 Å². The number of guanidine groups is 1. The molecule has 3 heterocycles. The maximum atomic E-state index is 6.16. The number of likely N-dealkylation sites (tertiary alicyclic amines) is 1. The van der Waals surface area contributed by atoms with Crippen molar-refractivity contribution < 1.29 is 9.47 Å². The van der Waals surface area contributed by atoms with Gasteiger partial charge in [-0.3, -0.25) is 9.89 Å². The van der Waals surface area contributed by atoms with Gasteiger partial charge in [-0.2, -0.15) is 11.8 Å². The number of nitrogens with one attached hydrogen (secondary N) is 1. The second kappa shape index (κ2) is 11.4. The molecular formula is C23H42N4O2S. The van der Waals surface area contributed by atoms with Gasteiger partial charge in [0.05, 0.1) is 18.8 Å². The van der Waals surface area contributed by atoms with Crippen molar-refractivity contribution in [2.24, 2.45) is 4.99 Å². The summed E-state index contributed by atoms with van der Waals surface area (Å²) in [7, 11) is 1.94. The fourth-order valence-electron chi connectivity index (χ4n) is 5.68. The quantitative estimate of drug-likeness (QED) is 0.508. The number of ether oxygens (including phenoxy) is 2. The van der Waals surface area contributed by atoms with Crippen LogP contribution in [-0.2, 0) is 9.47 Å². The van der Waals surface area contributed by atoms with E-state index >= 15 is 0 Å². The minimum atomic E-state index is 0.331. The molecule has 0 aromatic rings. The molecular weight excluding hydrogens is 396 g/mol. The molecule has 0 amide bonds. The van der Waals surface area contributed by atoms with Crippen molar-refractivity contribution in [3.05, 3.63) is 0 Å². The van der Waals surface area contributed by atoms with Gasteiger partial charge in [0.15, 0.2) is 5.96 Å². The Morgan fingerprint density at radius 1 is 1.07 bits per heavy atom. The number of aliphatic imine (C=N–C) groups is 1. The lowest BCUT2D eigenvalue weighted by Gasteiger charge is -2.48. The van der Waals surface area contributed by atoms with Crippen molar-refractivity contribution in [2.75, 3.05) is 64.5 Å². The first-order valence-corrected chi connectivity index (χ1v) is 13.5. The SMILES string of the molecule is CN=C(NCC1(N2CCSCC2)CCCCC1)N1CCC(OCC2CCCO2)CC1. The van der Waals surface area contributed by atoms with E-state index < -0.39 is 0 Å². The maximum absolute atomic E-state index is 6.16. The third-order valence-corrected chi connectivity index (χ3v) is 8.48. The highest BCUT2D eigenvalue weighted by Gasteiger charge is 2.39. The molecule has 0 bridgehead atoms. The Morgan fingerprint density at radius 2 is 1.83 bits per heavy atom. The average molecular weight is 439 g/mol.